The monoisotopic (exact) mass is 663 g/mol. The van der Waals surface area contributed by atoms with Crippen LogP contribution in [0.5, 0.6) is 0 Å². The molecule has 3 heterocycles. The van der Waals surface area contributed by atoms with Gasteiger partial charge in [-0.15, -0.1) is 0 Å². The van der Waals surface area contributed by atoms with E-state index in [1.165, 1.54) is 85.2 Å². The second-order valence-corrected chi connectivity index (χ2v) is 11.7. The smallest absolute Gasteiger partial charge is 0.335 e. The van der Waals surface area contributed by atoms with Gasteiger partial charge in [0.25, 0.3) is 21.5 Å². The molecule has 14 nitrogen and oxygen atoms in total. The highest BCUT2D eigenvalue weighted by molar-refractivity contribution is 7.92. The van der Waals surface area contributed by atoms with Gasteiger partial charge in [0.15, 0.2) is 5.03 Å². The van der Waals surface area contributed by atoms with Gasteiger partial charge in [-0.1, -0.05) is 12.1 Å². The number of rotatable bonds is 10. The van der Waals surface area contributed by atoms with Gasteiger partial charge in [0, 0.05) is 55.4 Å². The Bertz CT molecular complexity index is 2190. The van der Waals surface area contributed by atoms with Gasteiger partial charge in [-0.05, 0) is 42.0 Å². The molecule has 3 N–H and O–H groups in total. The van der Waals surface area contributed by atoms with Crippen LogP contribution in [-0.4, -0.2) is 55.5 Å². The van der Waals surface area contributed by atoms with Crippen molar-refractivity contribution in [3.05, 3.63) is 129 Å². The topological polar surface area (TPSA) is 195 Å². The van der Waals surface area contributed by atoms with Crippen molar-refractivity contribution >= 4 is 27.6 Å². The summed E-state index contributed by atoms with van der Waals surface area (Å²) in [6.45, 7) is 0. The van der Waals surface area contributed by atoms with E-state index in [1.54, 1.807) is 0 Å². The summed E-state index contributed by atoms with van der Waals surface area (Å²) in [5.41, 5.74) is -1.21. The number of nitrogens with one attached hydrogen (secondary N) is 2. The predicted octanol–water partition coefficient (Wildman–Crippen LogP) is 1.89. The van der Waals surface area contributed by atoms with Gasteiger partial charge in [-0.3, -0.25) is 14.3 Å². The summed E-state index contributed by atoms with van der Waals surface area (Å²) < 4.78 is 59.7. The van der Waals surface area contributed by atoms with Crippen LogP contribution in [0.25, 0.3) is 16.8 Å². The normalized spacial score (nSPS) is 11.9. The quantitative estimate of drug-likeness (QED) is 0.199. The first-order valence-electron chi connectivity index (χ1n) is 13.5. The zero-order chi connectivity index (χ0) is 33.9. The molecule has 0 unspecified atom stereocenters. The molecule has 0 radical (unpaired) electrons. The standard InChI is InChI=1S/C30H23F2N7O7S/c1-38-9-8-26(40)39(30(38)44)21-5-2-17(3-6-21)10-24(29(42)43)36-28(41)27-22(31)11-20(12-23(27)32)37-47(45,46)25-7-4-18(15-35-25)19-13-33-16-34-14-19/h2-9,11-16,24,37H,10H2,1H3,(H,36,41)(H,42,43)/t24-/m0/s1. The maximum Gasteiger partial charge on any atom is 0.335 e. The minimum Gasteiger partial charge on any atom is -0.480 e. The van der Waals surface area contributed by atoms with Crippen molar-refractivity contribution in [3.8, 4) is 16.8 Å². The Morgan fingerprint density at radius 2 is 1.60 bits per heavy atom. The van der Waals surface area contributed by atoms with Crippen molar-refractivity contribution in [2.75, 3.05) is 4.72 Å². The maximum absolute atomic E-state index is 15.0. The minimum absolute atomic E-state index is 0.214. The summed E-state index contributed by atoms with van der Waals surface area (Å²) in [6, 6.07) is 8.95. The van der Waals surface area contributed by atoms with Crippen LogP contribution < -0.4 is 21.3 Å². The van der Waals surface area contributed by atoms with Gasteiger partial charge >= 0.3 is 11.7 Å². The number of aryl methyl sites for hydroxylation is 1. The van der Waals surface area contributed by atoms with E-state index in [-0.39, 0.29) is 12.1 Å². The fraction of sp³-hybridized carbons (Fsp3) is 0.100. The number of halogens is 2. The molecular formula is C30H23F2N7O7S. The average molecular weight is 664 g/mol. The molecule has 0 spiro atoms. The van der Waals surface area contributed by atoms with E-state index < -0.39 is 67.1 Å². The molecule has 47 heavy (non-hydrogen) atoms. The highest BCUT2D eigenvalue weighted by atomic mass is 32.2. The number of carbonyl (C=O) groups is 2. The lowest BCUT2D eigenvalue weighted by atomic mass is 10.0. The molecule has 17 heteroatoms. The highest BCUT2D eigenvalue weighted by Gasteiger charge is 2.27. The number of pyridine rings is 1. The van der Waals surface area contributed by atoms with Crippen LogP contribution in [-0.2, 0) is 28.3 Å². The fourth-order valence-corrected chi connectivity index (χ4v) is 5.44. The van der Waals surface area contributed by atoms with Gasteiger partial charge in [0.2, 0.25) is 0 Å². The van der Waals surface area contributed by atoms with Gasteiger partial charge in [0.1, 0.15) is 29.6 Å². The van der Waals surface area contributed by atoms with Gasteiger partial charge in [-0.25, -0.2) is 37.9 Å². The molecule has 1 atom stereocenters. The number of hydrogen-bond donors (Lipinski definition) is 3. The van der Waals surface area contributed by atoms with Crippen molar-refractivity contribution < 1.29 is 31.9 Å². The number of sulfonamides is 1. The van der Waals surface area contributed by atoms with Crippen LogP contribution in [0.2, 0.25) is 0 Å². The Morgan fingerprint density at radius 3 is 2.19 bits per heavy atom. The molecule has 0 saturated carbocycles. The summed E-state index contributed by atoms with van der Waals surface area (Å²) in [4.78, 5) is 60.9. The largest absolute Gasteiger partial charge is 0.480 e. The van der Waals surface area contributed by atoms with Crippen molar-refractivity contribution in [1.29, 1.82) is 0 Å². The molecule has 0 bridgehead atoms. The summed E-state index contributed by atoms with van der Waals surface area (Å²) in [5, 5.41) is 11.3. The summed E-state index contributed by atoms with van der Waals surface area (Å²) >= 11 is 0. The molecule has 240 valence electrons. The first-order chi connectivity index (χ1) is 22.3. The summed E-state index contributed by atoms with van der Waals surface area (Å²) in [6.07, 6.45) is 6.55. The van der Waals surface area contributed by atoms with E-state index in [0.29, 0.717) is 28.8 Å². The average Bonchev–Trinajstić information content (AvgIpc) is 3.03. The molecular weight excluding hydrogens is 640 g/mol. The lowest BCUT2D eigenvalue weighted by molar-refractivity contribution is -0.139. The van der Waals surface area contributed by atoms with E-state index in [9.17, 15) is 41.5 Å². The molecule has 5 rings (SSSR count). The Labute approximate surface area is 264 Å². The Kier molecular flexibility index (Phi) is 9.00. The number of benzene rings is 2. The Morgan fingerprint density at radius 1 is 0.936 bits per heavy atom. The van der Waals surface area contributed by atoms with Crippen molar-refractivity contribution in [1.82, 2.24) is 29.4 Å². The van der Waals surface area contributed by atoms with Crippen molar-refractivity contribution in [3.63, 3.8) is 0 Å². The molecule has 0 aliphatic carbocycles. The minimum atomic E-state index is -4.41. The maximum atomic E-state index is 15.0. The number of amides is 1. The molecule has 5 aromatic rings. The van der Waals surface area contributed by atoms with E-state index in [2.05, 4.69) is 20.3 Å². The third-order valence-corrected chi connectivity index (χ3v) is 8.12. The number of carboxylic acid groups (broad SMARTS) is 1. The zero-order valence-corrected chi connectivity index (χ0v) is 25.0. The number of aliphatic carboxylic acids is 1. The number of aromatic nitrogens is 5. The van der Waals surface area contributed by atoms with E-state index >= 15 is 0 Å². The molecule has 0 fully saturated rings. The predicted molar refractivity (Wildman–Crippen MR) is 162 cm³/mol. The van der Waals surface area contributed by atoms with Crippen LogP contribution in [0.1, 0.15) is 15.9 Å². The van der Waals surface area contributed by atoms with Crippen LogP contribution in [0, 0.1) is 11.6 Å². The van der Waals surface area contributed by atoms with Gasteiger partial charge in [0.05, 0.1) is 11.4 Å². The number of nitrogens with zero attached hydrogens (tertiary/aromatic N) is 5. The van der Waals surface area contributed by atoms with E-state index in [1.807, 2.05) is 4.72 Å². The second kappa shape index (κ2) is 13.1. The highest BCUT2D eigenvalue weighted by Crippen LogP contribution is 2.23. The van der Waals surface area contributed by atoms with Crippen LogP contribution in [0.15, 0.2) is 100 Å². The lowest BCUT2D eigenvalue weighted by Gasteiger charge is -2.16. The van der Waals surface area contributed by atoms with Gasteiger partial charge < -0.3 is 15.0 Å². The van der Waals surface area contributed by atoms with Gasteiger partial charge in [-0.2, -0.15) is 8.42 Å². The second-order valence-electron chi connectivity index (χ2n) is 10.1. The number of carboxylic acids is 1. The Balaban J connectivity index is 1.29. The molecule has 2 aromatic carbocycles. The third-order valence-electron chi connectivity index (χ3n) is 6.82. The molecule has 1 amide bonds. The fourth-order valence-electron chi connectivity index (χ4n) is 4.47. The Hall–Kier alpha value is -6.10. The first kappa shape index (κ1) is 32.3. The van der Waals surface area contributed by atoms with Crippen LogP contribution >= 0.6 is 0 Å². The van der Waals surface area contributed by atoms with Crippen LogP contribution in [0.4, 0.5) is 14.5 Å². The molecule has 3 aromatic heterocycles. The summed E-state index contributed by atoms with van der Waals surface area (Å²) in [5.74, 6) is -5.84. The SMILES string of the molecule is Cn1ccc(=O)n(-c2ccc(C[C@H](NC(=O)c3c(F)cc(NS(=O)(=O)c4ccc(-c5cncnc5)cn4)cc3F)C(=O)O)cc2)c1=O. The molecule has 0 aliphatic heterocycles. The first-order valence-corrected chi connectivity index (χ1v) is 15.0. The number of anilines is 1. The zero-order valence-electron chi connectivity index (χ0n) is 24.2. The number of hydrogen-bond acceptors (Lipinski definition) is 9. The van der Waals surface area contributed by atoms with Crippen molar-refractivity contribution in [2.24, 2.45) is 7.05 Å². The number of carbonyl (C=O) groups excluding carboxylic acids is 1. The molecule has 0 aliphatic rings. The molecule has 0 saturated heterocycles. The lowest BCUT2D eigenvalue weighted by Crippen LogP contribution is -2.43. The third kappa shape index (κ3) is 7.09. The van der Waals surface area contributed by atoms with Crippen molar-refractivity contribution in [2.45, 2.75) is 17.5 Å². The van der Waals surface area contributed by atoms with E-state index in [4.69, 9.17) is 0 Å². The van der Waals surface area contributed by atoms with E-state index in [0.717, 1.165) is 4.57 Å². The summed E-state index contributed by atoms with van der Waals surface area (Å²) in [7, 11) is -2.95. The van der Waals surface area contributed by atoms with Crippen LogP contribution in [0.3, 0.4) is 0 Å².